The average Bonchev–Trinajstić information content (AvgIpc) is 2.40. The molecular weight excluding hydrogens is 226 g/mol. The maximum atomic E-state index is 12.3. The highest BCUT2D eigenvalue weighted by atomic mass is 16.3. The Morgan fingerprint density at radius 1 is 1.06 bits per heavy atom. The molecule has 3 rings (SSSR count). The minimum Gasteiger partial charge on any atom is -0.455 e. The highest BCUT2D eigenvalue weighted by molar-refractivity contribution is 5.91. The van der Waals surface area contributed by atoms with Crippen molar-refractivity contribution in [3.05, 3.63) is 58.3 Å². The summed E-state index contributed by atoms with van der Waals surface area (Å²) < 4.78 is 5.76. The molecule has 0 fully saturated rings. The standard InChI is InChI=1S/C15H9NO2/c16-9-8-10-4-3-6-12-14(17)11-5-1-2-7-13(11)18-15(10)12/h1-7H,8H2. The minimum atomic E-state index is -0.0494. The summed E-state index contributed by atoms with van der Waals surface area (Å²) in [5.41, 5.74) is 1.77. The van der Waals surface area contributed by atoms with E-state index in [2.05, 4.69) is 6.07 Å². The van der Waals surface area contributed by atoms with E-state index in [1.165, 1.54) is 0 Å². The maximum absolute atomic E-state index is 12.3. The molecule has 18 heavy (non-hydrogen) atoms. The number of nitrogens with zero attached hydrogens (tertiary/aromatic N) is 1. The van der Waals surface area contributed by atoms with Crippen molar-refractivity contribution in [2.45, 2.75) is 6.42 Å². The molecule has 0 N–H and O–H groups in total. The van der Waals surface area contributed by atoms with E-state index in [1.54, 1.807) is 24.3 Å². The van der Waals surface area contributed by atoms with Crippen LogP contribution < -0.4 is 5.43 Å². The van der Waals surface area contributed by atoms with Gasteiger partial charge in [-0.25, -0.2) is 0 Å². The van der Waals surface area contributed by atoms with Crippen molar-refractivity contribution >= 4 is 21.9 Å². The van der Waals surface area contributed by atoms with Crippen molar-refractivity contribution in [1.82, 2.24) is 0 Å². The SMILES string of the molecule is N#CCc1cccc2c(=O)c3ccccc3oc12. The van der Waals surface area contributed by atoms with Crippen molar-refractivity contribution in [3.8, 4) is 6.07 Å². The highest BCUT2D eigenvalue weighted by Gasteiger charge is 2.09. The molecule has 3 heteroatoms. The zero-order valence-electron chi connectivity index (χ0n) is 9.51. The first kappa shape index (κ1) is 10.5. The summed E-state index contributed by atoms with van der Waals surface area (Å²) in [4.78, 5) is 12.3. The van der Waals surface area contributed by atoms with Crippen molar-refractivity contribution in [3.63, 3.8) is 0 Å². The van der Waals surface area contributed by atoms with Gasteiger partial charge in [-0.1, -0.05) is 24.3 Å². The number of benzene rings is 2. The first-order valence-electron chi connectivity index (χ1n) is 5.61. The zero-order chi connectivity index (χ0) is 12.5. The smallest absolute Gasteiger partial charge is 0.200 e. The second-order valence-corrected chi connectivity index (χ2v) is 4.06. The molecule has 3 aromatic rings. The Kier molecular flexibility index (Phi) is 2.35. The Bertz CT molecular complexity index is 840. The van der Waals surface area contributed by atoms with Crippen molar-refractivity contribution in [2.24, 2.45) is 0 Å². The number of para-hydroxylation sites is 2. The lowest BCUT2D eigenvalue weighted by Crippen LogP contribution is -2.03. The Hall–Kier alpha value is -2.60. The summed E-state index contributed by atoms with van der Waals surface area (Å²) in [6.45, 7) is 0. The normalized spacial score (nSPS) is 10.6. The monoisotopic (exact) mass is 235 g/mol. The van der Waals surface area contributed by atoms with Crippen LogP contribution in [0.1, 0.15) is 5.56 Å². The van der Waals surface area contributed by atoms with E-state index in [9.17, 15) is 4.79 Å². The molecule has 0 aliphatic carbocycles. The van der Waals surface area contributed by atoms with Gasteiger partial charge in [-0.3, -0.25) is 4.79 Å². The predicted octanol–water partition coefficient (Wildman–Crippen LogP) is 3.01. The molecule has 86 valence electrons. The van der Waals surface area contributed by atoms with Crippen LogP contribution in [0, 0.1) is 11.3 Å². The van der Waals surface area contributed by atoms with Crippen LogP contribution in [-0.4, -0.2) is 0 Å². The molecule has 1 heterocycles. The Morgan fingerprint density at radius 3 is 2.67 bits per heavy atom. The van der Waals surface area contributed by atoms with Crippen molar-refractivity contribution in [1.29, 1.82) is 5.26 Å². The Balaban J connectivity index is 2.52. The second-order valence-electron chi connectivity index (χ2n) is 4.06. The van der Waals surface area contributed by atoms with Gasteiger partial charge in [0.15, 0.2) is 0 Å². The van der Waals surface area contributed by atoms with Gasteiger partial charge >= 0.3 is 0 Å². The lowest BCUT2D eigenvalue weighted by Gasteiger charge is -2.04. The minimum absolute atomic E-state index is 0.0494. The third kappa shape index (κ3) is 1.47. The lowest BCUT2D eigenvalue weighted by atomic mass is 10.1. The molecular formula is C15H9NO2. The van der Waals surface area contributed by atoms with Gasteiger partial charge in [0.1, 0.15) is 11.2 Å². The Morgan fingerprint density at radius 2 is 1.83 bits per heavy atom. The van der Waals surface area contributed by atoms with Gasteiger partial charge < -0.3 is 4.42 Å². The molecule has 3 nitrogen and oxygen atoms in total. The molecule has 0 saturated carbocycles. The fourth-order valence-electron chi connectivity index (χ4n) is 2.11. The molecule has 0 bridgehead atoms. The maximum Gasteiger partial charge on any atom is 0.200 e. The van der Waals surface area contributed by atoms with Crippen LogP contribution in [0.3, 0.4) is 0 Å². The summed E-state index contributed by atoms with van der Waals surface area (Å²) in [7, 11) is 0. The summed E-state index contributed by atoms with van der Waals surface area (Å²) in [5, 5.41) is 9.89. The van der Waals surface area contributed by atoms with Gasteiger partial charge in [0.05, 0.1) is 23.3 Å². The third-order valence-electron chi connectivity index (χ3n) is 2.95. The largest absolute Gasteiger partial charge is 0.455 e. The molecule has 0 unspecified atom stereocenters. The number of nitriles is 1. The van der Waals surface area contributed by atoms with E-state index in [1.807, 2.05) is 18.2 Å². The summed E-state index contributed by atoms with van der Waals surface area (Å²) in [6.07, 6.45) is 0.235. The molecule has 0 amide bonds. The fraction of sp³-hybridized carbons (Fsp3) is 0.0667. The van der Waals surface area contributed by atoms with Crippen LogP contribution in [0.25, 0.3) is 21.9 Å². The first-order chi connectivity index (χ1) is 8.81. The third-order valence-corrected chi connectivity index (χ3v) is 2.95. The number of hydrogen-bond donors (Lipinski definition) is 0. The van der Waals surface area contributed by atoms with Gasteiger partial charge in [0.2, 0.25) is 5.43 Å². The predicted molar refractivity (Wildman–Crippen MR) is 69.3 cm³/mol. The molecule has 0 radical (unpaired) electrons. The summed E-state index contributed by atoms with van der Waals surface area (Å²) in [5.74, 6) is 0. The molecule has 0 spiro atoms. The van der Waals surface area contributed by atoms with E-state index in [-0.39, 0.29) is 11.8 Å². The molecule has 0 saturated heterocycles. The van der Waals surface area contributed by atoms with E-state index in [0.717, 1.165) is 5.56 Å². The number of hydrogen-bond acceptors (Lipinski definition) is 3. The van der Waals surface area contributed by atoms with Gasteiger partial charge in [0, 0.05) is 5.56 Å². The van der Waals surface area contributed by atoms with Crippen LogP contribution in [0.15, 0.2) is 51.7 Å². The summed E-state index contributed by atoms with van der Waals surface area (Å²) >= 11 is 0. The van der Waals surface area contributed by atoms with E-state index in [4.69, 9.17) is 9.68 Å². The van der Waals surface area contributed by atoms with Crippen LogP contribution in [0.5, 0.6) is 0 Å². The van der Waals surface area contributed by atoms with E-state index >= 15 is 0 Å². The first-order valence-corrected chi connectivity index (χ1v) is 5.61. The highest BCUT2D eigenvalue weighted by Crippen LogP contribution is 2.21. The second kappa shape index (κ2) is 4.01. The Labute approximate surface area is 103 Å². The van der Waals surface area contributed by atoms with Crippen LogP contribution in [0.4, 0.5) is 0 Å². The molecule has 1 aromatic heterocycles. The van der Waals surface area contributed by atoms with Crippen LogP contribution >= 0.6 is 0 Å². The molecule has 0 aliphatic rings. The van der Waals surface area contributed by atoms with Gasteiger partial charge in [-0.05, 0) is 18.2 Å². The average molecular weight is 235 g/mol. The summed E-state index contributed by atoms with van der Waals surface area (Å²) in [6, 6.07) is 14.5. The van der Waals surface area contributed by atoms with Gasteiger partial charge in [0.25, 0.3) is 0 Å². The lowest BCUT2D eigenvalue weighted by molar-refractivity contribution is 0.655. The van der Waals surface area contributed by atoms with Crippen LogP contribution in [-0.2, 0) is 6.42 Å². The topological polar surface area (TPSA) is 54.0 Å². The van der Waals surface area contributed by atoms with E-state index < -0.39 is 0 Å². The van der Waals surface area contributed by atoms with Crippen molar-refractivity contribution < 1.29 is 4.42 Å². The van der Waals surface area contributed by atoms with Crippen molar-refractivity contribution in [2.75, 3.05) is 0 Å². The fourth-order valence-corrected chi connectivity index (χ4v) is 2.11. The zero-order valence-corrected chi connectivity index (χ0v) is 9.51. The number of rotatable bonds is 1. The molecule has 2 aromatic carbocycles. The molecule has 0 aliphatic heterocycles. The number of fused-ring (bicyclic) bond motifs is 2. The molecule has 0 atom stereocenters. The quantitative estimate of drug-likeness (QED) is 0.609. The van der Waals surface area contributed by atoms with E-state index in [0.29, 0.717) is 21.9 Å². The van der Waals surface area contributed by atoms with Gasteiger partial charge in [-0.15, -0.1) is 0 Å². The van der Waals surface area contributed by atoms with Crippen LogP contribution in [0.2, 0.25) is 0 Å². The van der Waals surface area contributed by atoms with Gasteiger partial charge in [-0.2, -0.15) is 5.26 Å².